The lowest BCUT2D eigenvalue weighted by molar-refractivity contribution is -0.117. The third kappa shape index (κ3) is 6.45. The third-order valence-corrected chi connectivity index (χ3v) is 6.26. The maximum absolute atomic E-state index is 13.2. The molecule has 31 heavy (non-hydrogen) atoms. The van der Waals surface area contributed by atoms with Gasteiger partial charge in [0.15, 0.2) is 0 Å². The van der Waals surface area contributed by atoms with Crippen molar-refractivity contribution < 1.29 is 18.0 Å². The minimum Gasteiger partial charge on any atom is -0.350 e. The number of carbonyl (C=O) groups is 2. The van der Waals surface area contributed by atoms with Crippen LogP contribution in [0.1, 0.15) is 44.0 Å². The molecule has 0 heterocycles. The number of rotatable bonds is 9. The molecule has 0 bridgehead atoms. The number of anilines is 2. The molecule has 0 fully saturated rings. The number of halogens is 1. The monoisotopic (exact) mass is 465 g/mol. The number of hydrogen-bond acceptors (Lipinski definition) is 4. The first kappa shape index (κ1) is 24.7. The van der Waals surface area contributed by atoms with E-state index in [-0.39, 0.29) is 18.4 Å². The molecule has 2 amide bonds. The van der Waals surface area contributed by atoms with Gasteiger partial charge >= 0.3 is 0 Å². The van der Waals surface area contributed by atoms with Crippen molar-refractivity contribution in [2.45, 2.75) is 45.7 Å². The van der Waals surface area contributed by atoms with Gasteiger partial charge < -0.3 is 10.6 Å². The summed E-state index contributed by atoms with van der Waals surface area (Å²) in [7, 11) is -3.78. The van der Waals surface area contributed by atoms with Gasteiger partial charge in [-0.15, -0.1) is 0 Å². The number of nitrogens with zero attached hydrogens (tertiary/aromatic N) is 1. The lowest BCUT2D eigenvalue weighted by Gasteiger charge is -2.30. The van der Waals surface area contributed by atoms with Crippen LogP contribution in [0.25, 0.3) is 0 Å². The fourth-order valence-corrected chi connectivity index (χ4v) is 4.40. The highest BCUT2D eigenvalue weighted by molar-refractivity contribution is 7.92. The van der Waals surface area contributed by atoms with Crippen LogP contribution in [-0.2, 0) is 14.8 Å². The minimum absolute atomic E-state index is 0.0229. The van der Waals surface area contributed by atoms with Gasteiger partial charge in [-0.1, -0.05) is 37.6 Å². The van der Waals surface area contributed by atoms with Gasteiger partial charge in [0.25, 0.3) is 5.91 Å². The molecule has 0 aromatic heterocycles. The molecule has 0 radical (unpaired) electrons. The topological polar surface area (TPSA) is 95.6 Å². The highest BCUT2D eigenvalue weighted by atomic mass is 35.5. The van der Waals surface area contributed by atoms with Crippen LogP contribution in [-0.4, -0.2) is 38.6 Å². The molecule has 0 saturated heterocycles. The first-order chi connectivity index (χ1) is 14.6. The molecule has 9 heteroatoms. The van der Waals surface area contributed by atoms with Crippen molar-refractivity contribution in [1.82, 2.24) is 5.32 Å². The molecule has 0 saturated carbocycles. The molecule has 2 aromatic rings. The Morgan fingerprint density at radius 2 is 1.65 bits per heavy atom. The number of sulfonamides is 1. The molecule has 7 nitrogen and oxygen atoms in total. The van der Waals surface area contributed by atoms with Gasteiger partial charge in [-0.2, -0.15) is 0 Å². The van der Waals surface area contributed by atoms with Crippen molar-refractivity contribution in [3.8, 4) is 0 Å². The van der Waals surface area contributed by atoms with Crippen LogP contribution in [0.2, 0.25) is 5.02 Å². The zero-order valence-electron chi connectivity index (χ0n) is 18.1. The van der Waals surface area contributed by atoms with Gasteiger partial charge in [0.05, 0.1) is 23.2 Å². The Bertz CT molecular complexity index is 1030. The first-order valence-electron chi connectivity index (χ1n) is 10.0. The summed E-state index contributed by atoms with van der Waals surface area (Å²) in [5.74, 6) is -0.845. The molecule has 2 aromatic carbocycles. The van der Waals surface area contributed by atoms with Crippen molar-refractivity contribution in [3.63, 3.8) is 0 Å². The largest absolute Gasteiger partial charge is 0.350 e. The van der Waals surface area contributed by atoms with E-state index in [1.807, 2.05) is 13.8 Å². The maximum Gasteiger partial charge on any atom is 0.253 e. The van der Waals surface area contributed by atoms with E-state index in [0.717, 1.165) is 17.0 Å². The molecular weight excluding hydrogens is 438 g/mol. The average Bonchev–Trinajstić information content (AvgIpc) is 2.72. The number of benzene rings is 2. The van der Waals surface area contributed by atoms with Gasteiger partial charge in [0.2, 0.25) is 15.9 Å². The van der Waals surface area contributed by atoms with Crippen molar-refractivity contribution in [2.24, 2.45) is 0 Å². The number of amides is 2. The van der Waals surface area contributed by atoms with Gasteiger partial charge in [0, 0.05) is 11.1 Å². The van der Waals surface area contributed by atoms with E-state index >= 15 is 0 Å². The Morgan fingerprint density at radius 1 is 1.03 bits per heavy atom. The molecule has 2 rings (SSSR count). The summed E-state index contributed by atoms with van der Waals surface area (Å²) in [5, 5.41) is 6.06. The van der Waals surface area contributed by atoms with Crippen molar-refractivity contribution in [2.75, 3.05) is 15.9 Å². The lowest BCUT2D eigenvalue weighted by atomic mass is 10.1. The second-order valence-electron chi connectivity index (χ2n) is 7.28. The zero-order valence-corrected chi connectivity index (χ0v) is 19.6. The smallest absolute Gasteiger partial charge is 0.253 e. The fourth-order valence-electron chi connectivity index (χ4n) is 3.06. The first-order valence-corrected chi connectivity index (χ1v) is 12.3. The third-order valence-electron chi connectivity index (χ3n) is 4.83. The number of hydrogen-bond donors (Lipinski definition) is 2. The Hall–Kier alpha value is -2.58. The van der Waals surface area contributed by atoms with Crippen LogP contribution in [0.4, 0.5) is 11.4 Å². The van der Waals surface area contributed by atoms with Crippen LogP contribution in [0.15, 0.2) is 48.5 Å². The van der Waals surface area contributed by atoms with Gasteiger partial charge in [-0.05, 0) is 56.2 Å². The van der Waals surface area contributed by atoms with Crippen LogP contribution < -0.4 is 14.9 Å². The quantitative estimate of drug-likeness (QED) is 0.583. The van der Waals surface area contributed by atoms with E-state index in [2.05, 4.69) is 10.6 Å². The Kier molecular flexibility index (Phi) is 8.47. The van der Waals surface area contributed by atoms with E-state index in [1.165, 1.54) is 0 Å². The normalized spacial score (nSPS) is 13.2. The number of para-hydroxylation sites is 1. The van der Waals surface area contributed by atoms with Gasteiger partial charge in [0.1, 0.15) is 6.04 Å². The number of nitrogens with one attached hydrogen (secondary N) is 2. The van der Waals surface area contributed by atoms with Crippen molar-refractivity contribution >= 4 is 44.8 Å². The maximum atomic E-state index is 13.2. The van der Waals surface area contributed by atoms with Gasteiger partial charge in [-0.25, -0.2) is 8.42 Å². The fraction of sp³-hybridized carbons (Fsp3) is 0.364. The zero-order chi connectivity index (χ0) is 23.2. The number of carbonyl (C=O) groups excluding carboxylic acids is 2. The second kappa shape index (κ2) is 10.6. The predicted octanol–water partition coefficient (Wildman–Crippen LogP) is 4.05. The highest BCUT2D eigenvalue weighted by Gasteiger charge is 2.32. The Labute approximate surface area is 188 Å². The molecule has 168 valence electrons. The summed E-state index contributed by atoms with van der Waals surface area (Å²) in [4.78, 5) is 25.8. The van der Waals surface area contributed by atoms with Crippen LogP contribution in [0.3, 0.4) is 0 Å². The molecule has 0 spiro atoms. The van der Waals surface area contributed by atoms with Crippen LogP contribution >= 0.6 is 11.6 Å². The molecule has 0 unspecified atom stereocenters. The predicted molar refractivity (Wildman–Crippen MR) is 125 cm³/mol. The molecule has 0 aliphatic rings. The minimum atomic E-state index is -3.78. The highest BCUT2D eigenvalue weighted by Crippen LogP contribution is 2.25. The summed E-state index contributed by atoms with van der Waals surface area (Å²) in [6.45, 7) is 5.57. The molecule has 0 aliphatic heterocycles. The second-order valence-corrected chi connectivity index (χ2v) is 9.57. The molecule has 2 atom stereocenters. The summed E-state index contributed by atoms with van der Waals surface area (Å²) in [6, 6.07) is 11.8. The van der Waals surface area contributed by atoms with E-state index in [1.54, 1.807) is 55.5 Å². The summed E-state index contributed by atoms with van der Waals surface area (Å²) in [5.41, 5.74) is 0.955. The summed E-state index contributed by atoms with van der Waals surface area (Å²) >= 11 is 5.92. The standard InChI is InChI=1S/C22H28ClN3O4S/c1-5-15(3)24-21(27)18-9-7-8-10-19(18)25-22(28)20(6-2)26(31(4,29)30)17-13-11-16(23)12-14-17/h7-15,20H,5-6H2,1-4H3,(H,24,27)(H,25,28)/t15-,20-/m0/s1. The van der Waals surface area contributed by atoms with Crippen LogP contribution in [0, 0.1) is 0 Å². The molecular formula is C22H28ClN3O4S. The Morgan fingerprint density at radius 3 is 2.19 bits per heavy atom. The SMILES string of the molecule is CC[C@H](C)NC(=O)c1ccccc1NC(=O)[C@H](CC)N(c1ccc(Cl)cc1)S(C)(=O)=O. The van der Waals surface area contributed by atoms with Crippen molar-refractivity contribution in [3.05, 3.63) is 59.1 Å². The van der Waals surface area contributed by atoms with Crippen LogP contribution in [0.5, 0.6) is 0 Å². The van der Waals surface area contributed by atoms with Gasteiger partial charge in [-0.3, -0.25) is 13.9 Å². The Balaban J connectivity index is 2.36. The lowest BCUT2D eigenvalue weighted by Crippen LogP contribution is -2.47. The van der Waals surface area contributed by atoms with E-state index in [9.17, 15) is 18.0 Å². The summed E-state index contributed by atoms with van der Waals surface area (Å²) in [6.07, 6.45) is 2.04. The van der Waals surface area contributed by atoms with Crippen molar-refractivity contribution in [1.29, 1.82) is 0 Å². The van der Waals surface area contributed by atoms with E-state index < -0.39 is 22.0 Å². The molecule has 0 aliphatic carbocycles. The summed E-state index contributed by atoms with van der Waals surface area (Å²) < 4.78 is 26.2. The van der Waals surface area contributed by atoms with E-state index in [0.29, 0.717) is 22.0 Å². The molecule has 2 N–H and O–H groups in total. The average molecular weight is 466 g/mol. The van der Waals surface area contributed by atoms with E-state index in [4.69, 9.17) is 11.6 Å².